The van der Waals surface area contributed by atoms with Gasteiger partial charge in [0.25, 0.3) is 0 Å². The fourth-order valence-corrected chi connectivity index (χ4v) is 2.16. The summed E-state index contributed by atoms with van der Waals surface area (Å²) in [6.45, 7) is 0.298. The average Bonchev–Trinajstić information content (AvgIpc) is 2.45. The molecule has 0 spiro atoms. The number of hydrogen-bond acceptors (Lipinski definition) is 3. The van der Waals surface area contributed by atoms with Crippen LogP contribution in [0.25, 0.3) is 0 Å². The smallest absolute Gasteiger partial charge is 0.339 e. The third-order valence-electron chi connectivity index (χ3n) is 2.70. The second kappa shape index (κ2) is 6.43. The van der Waals surface area contributed by atoms with E-state index in [1.54, 1.807) is 12.1 Å². The Morgan fingerprint density at radius 1 is 1.25 bits per heavy atom. The van der Waals surface area contributed by atoms with Crippen molar-refractivity contribution in [2.75, 3.05) is 7.11 Å². The van der Waals surface area contributed by atoms with Crippen molar-refractivity contribution < 1.29 is 19.4 Å². The number of ether oxygens (including phenoxy) is 2. The lowest BCUT2D eigenvalue weighted by molar-refractivity contribution is 0.0691. The molecule has 0 bridgehead atoms. The summed E-state index contributed by atoms with van der Waals surface area (Å²) >= 11 is 3.38. The number of methoxy groups -OCH3 is 1. The molecule has 0 aliphatic rings. The standard InChI is InChI=1S/C15H13BrO4/c1-19-12-5-6-14(13(8-12)15(17)18)20-9-10-3-2-4-11(16)7-10/h2-8H,9H2,1H3,(H,17,18). The highest BCUT2D eigenvalue weighted by Crippen LogP contribution is 2.25. The summed E-state index contributed by atoms with van der Waals surface area (Å²) in [5.41, 5.74) is 1.03. The van der Waals surface area contributed by atoms with E-state index in [0.29, 0.717) is 18.1 Å². The van der Waals surface area contributed by atoms with Crippen LogP contribution in [0.5, 0.6) is 11.5 Å². The van der Waals surface area contributed by atoms with E-state index in [-0.39, 0.29) is 5.56 Å². The molecule has 104 valence electrons. The first kappa shape index (κ1) is 14.4. The van der Waals surface area contributed by atoms with Gasteiger partial charge in [-0.3, -0.25) is 0 Å². The lowest BCUT2D eigenvalue weighted by atomic mass is 10.2. The van der Waals surface area contributed by atoms with Crippen molar-refractivity contribution in [1.29, 1.82) is 0 Å². The SMILES string of the molecule is COc1ccc(OCc2cccc(Br)c2)c(C(=O)O)c1. The van der Waals surface area contributed by atoms with Gasteiger partial charge in [0.1, 0.15) is 23.7 Å². The second-order valence-corrected chi connectivity index (χ2v) is 5.00. The van der Waals surface area contributed by atoms with Crippen molar-refractivity contribution in [3.63, 3.8) is 0 Å². The van der Waals surface area contributed by atoms with Gasteiger partial charge in [0.05, 0.1) is 7.11 Å². The van der Waals surface area contributed by atoms with Gasteiger partial charge in [0.15, 0.2) is 0 Å². The molecule has 0 saturated heterocycles. The zero-order valence-electron chi connectivity index (χ0n) is 10.8. The average molecular weight is 337 g/mol. The third-order valence-corrected chi connectivity index (χ3v) is 3.19. The van der Waals surface area contributed by atoms with Crippen LogP contribution in [0, 0.1) is 0 Å². The van der Waals surface area contributed by atoms with E-state index in [4.69, 9.17) is 9.47 Å². The van der Waals surface area contributed by atoms with Crippen molar-refractivity contribution in [3.8, 4) is 11.5 Å². The van der Waals surface area contributed by atoms with Crippen LogP contribution in [-0.4, -0.2) is 18.2 Å². The maximum Gasteiger partial charge on any atom is 0.339 e. The van der Waals surface area contributed by atoms with Gasteiger partial charge < -0.3 is 14.6 Å². The Hall–Kier alpha value is -2.01. The molecule has 2 aromatic carbocycles. The van der Waals surface area contributed by atoms with E-state index in [2.05, 4.69) is 15.9 Å². The first-order valence-corrected chi connectivity index (χ1v) is 6.68. The molecule has 2 rings (SSSR count). The van der Waals surface area contributed by atoms with Crippen molar-refractivity contribution in [2.45, 2.75) is 6.61 Å². The number of rotatable bonds is 5. The van der Waals surface area contributed by atoms with Crippen molar-refractivity contribution >= 4 is 21.9 Å². The highest BCUT2D eigenvalue weighted by atomic mass is 79.9. The number of halogens is 1. The van der Waals surface area contributed by atoms with Gasteiger partial charge >= 0.3 is 5.97 Å². The van der Waals surface area contributed by atoms with E-state index in [1.807, 2.05) is 24.3 Å². The molecule has 0 atom stereocenters. The second-order valence-electron chi connectivity index (χ2n) is 4.09. The molecule has 1 N–H and O–H groups in total. The molecular weight excluding hydrogens is 324 g/mol. The van der Waals surface area contributed by atoms with Gasteiger partial charge in [-0.15, -0.1) is 0 Å². The molecule has 0 amide bonds. The first-order valence-electron chi connectivity index (χ1n) is 5.88. The van der Waals surface area contributed by atoms with Crippen LogP contribution in [-0.2, 0) is 6.61 Å². The predicted molar refractivity (Wildman–Crippen MR) is 78.4 cm³/mol. The quantitative estimate of drug-likeness (QED) is 0.903. The highest BCUT2D eigenvalue weighted by Gasteiger charge is 2.13. The first-order chi connectivity index (χ1) is 9.60. The number of carboxylic acids is 1. The van der Waals surface area contributed by atoms with Crippen LogP contribution in [0.3, 0.4) is 0 Å². The lowest BCUT2D eigenvalue weighted by Gasteiger charge is -2.10. The third kappa shape index (κ3) is 3.51. The van der Waals surface area contributed by atoms with Crippen molar-refractivity contribution in [1.82, 2.24) is 0 Å². The number of hydrogen-bond donors (Lipinski definition) is 1. The largest absolute Gasteiger partial charge is 0.497 e. The van der Waals surface area contributed by atoms with Gasteiger partial charge in [-0.1, -0.05) is 28.1 Å². The molecule has 0 unspecified atom stereocenters. The molecule has 0 aliphatic carbocycles. The monoisotopic (exact) mass is 336 g/mol. The molecular formula is C15H13BrO4. The number of carbonyl (C=O) groups is 1. The summed E-state index contributed by atoms with van der Waals surface area (Å²) in [6.07, 6.45) is 0. The summed E-state index contributed by atoms with van der Waals surface area (Å²) in [7, 11) is 1.49. The Morgan fingerprint density at radius 3 is 2.70 bits per heavy atom. The molecule has 20 heavy (non-hydrogen) atoms. The van der Waals surface area contributed by atoms with E-state index < -0.39 is 5.97 Å². The molecule has 2 aromatic rings. The summed E-state index contributed by atoms with van der Waals surface area (Å²) in [6, 6.07) is 12.4. The lowest BCUT2D eigenvalue weighted by Crippen LogP contribution is -2.04. The molecule has 0 radical (unpaired) electrons. The molecule has 0 aromatic heterocycles. The van der Waals surface area contributed by atoms with Crippen LogP contribution in [0.1, 0.15) is 15.9 Å². The molecule has 0 saturated carbocycles. The highest BCUT2D eigenvalue weighted by molar-refractivity contribution is 9.10. The summed E-state index contributed by atoms with van der Waals surface area (Å²) in [4.78, 5) is 11.2. The van der Waals surface area contributed by atoms with Gasteiger partial charge in [0, 0.05) is 4.47 Å². The van der Waals surface area contributed by atoms with E-state index in [1.165, 1.54) is 13.2 Å². The van der Waals surface area contributed by atoms with Gasteiger partial charge in [0.2, 0.25) is 0 Å². The zero-order valence-corrected chi connectivity index (χ0v) is 12.4. The van der Waals surface area contributed by atoms with Crippen LogP contribution < -0.4 is 9.47 Å². The van der Waals surface area contributed by atoms with E-state index in [9.17, 15) is 9.90 Å². The van der Waals surface area contributed by atoms with Crippen molar-refractivity contribution in [2.24, 2.45) is 0 Å². The number of aromatic carboxylic acids is 1. The van der Waals surface area contributed by atoms with Crippen molar-refractivity contribution in [3.05, 3.63) is 58.1 Å². The fraction of sp³-hybridized carbons (Fsp3) is 0.133. The Labute approximate surface area is 125 Å². The van der Waals surface area contributed by atoms with Crippen LogP contribution in [0.15, 0.2) is 46.9 Å². The minimum atomic E-state index is -1.05. The van der Waals surface area contributed by atoms with Gasteiger partial charge in [-0.2, -0.15) is 0 Å². The molecule has 0 aliphatic heterocycles. The van der Waals surface area contributed by atoms with Gasteiger partial charge in [-0.05, 0) is 35.9 Å². The number of benzene rings is 2. The molecule has 0 fully saturated rings. The maximum absolute atomic E-state index is 11.2. The van der Waals surface area contributed by atoms with E-state index >= 15 is 0 Å². The summed E-state index contributed by atoms with van der Waals surface area (Å²) in [5.74, 6) is -0.247. The topological polar surface area (TPSA) is 55.8 Å². The Morgan fingerprint density at radius 2 is 2.05 bits per heavy atom. The predicted octanol–water partition coefficient (Wildman–Crippen LogP) is 3.73. The number of carboxylic acid groups (broad SMARTS) is 1. The minimum absolute atomic E-state index is 0.0827. The normalized spacial score (nSPS) is 10.1. The Bertz CT molecular complexity index is 625. The fourth-order valence-electron chi connectivity index (χ4n) is 1.72. The van der Waals surface area contributed by atoms with Gasteiger partial charge in [-0.25, -0.2) is 4.79 Å². The summed E-state index contributed by atoms with van der Waals surface area (Å²) < 4.78 is 11.5. The Kier molecular flexibility index (Phi) is 4.63. The molecule has 5 heteroatoms. The summed E-state index contributed by atoms with van der Waals surface area (Å²) in [5, 5.41) is 9.18. The Balaban J connectivity index is 2.18. The van der Waals surface area contributed by atoms with Crippen LogP contribution >= 0.6 is 15.9 Å². The maximum atomic E-state index is 11.2. The molecule has 4 nitrogen and oxygen atoms in total. The van der Waals surface area contributed by atoms with E-state index in [0.717, 1.165) is 10.0 Å². The van der Waals surface area contributed by atoms with Crippen LogP contribution in [0.2, 0.25) is 0 Å². The molecule has 0 heterocycles. The zero-order chi connectivity index (χ0) is 14.5. The minimum Gasteiger partial charge on any atom is -0.497 e. The van der Waals surface area contributed by atoms with Crippen LogP contribution in [0.4, 0.5) is 0 Å².